The number of rotatable bonds is 4. The van der Waals surface area contributed by atoms with Crippen LogP contribution in [0.15, 0.2) is 37.1 Å². The summed E-state index contributed by atoms with van der Waals surface area (Å²) in [7, 11) is 0. The van der Waals surface area contributed by atoms with Crippen LogP contribution in [0.2, 0.25) is 0 Å². The SMILES string of the molecule is C[C@@]1(O)[C@@H]([C@H](O)c2cncc(C(F)F)c2)O[C@@H](n2ccc3c(N)ncnc32)[C@@H]1O. The first kappa shape index (κ1) is 19.6. The van der Waals surface area contributed by atoms with Crippen LogP contribution in [0.3, 0.4) is 0 Å². The molecule has 0 aliphatic carbocycles. The molecule has 0 aromatic carbocycles. The Kier molecular flexibility index (Phi) is 4.69. The van der Waals surface area contributed by atoms with E-state index in [0.29, 0.717) is 11.0 Å². The van der Waals surface area contributed by atoms with Crippen LogP contribution in [0.1, 0.15) is 36.8 Å². The van der Waals surface area contributed by atoms with Crippen LogP contribution in [0.25, 0.3) is 11.0 Å². The third-order valence-electron chi connectivity index (χ3n) is 5.21. The number of alkyl halides is 2. The number of ether oxygens (including phenoxy) is 1. The predicted molar refractivity (Wildman–Crippen MR) is 96.6 cm³/mol. The molecule has 4 rings (SSSR count). The Hall–Kier alpha value is -2.73. The van der Waals surface area contributed by atoms with E-state index in [1.807, 2.05) is 0 Å². The number of hydrogen-bond donors (Lipinski definition) is 4. The van der Waals surface area contributed by atoms with Crippen LogP contribution in [-0.4, -0.2) is 52.6 Å². The number of fused-ring (bicyclic) bond motifs is 1. The summed E-state index contributed by atoms with van der Waals surface area (Å²) < 4.78 is 33.2. The molecular formula is C18H19F2N5O4. The molecule has 0 radical (unpaired) electrons. The zero-order chi connectivity index (χ0) is 20.9. The van der Waals surface area contributed by atoms with Crippen LogP contribution in [0, 0.1) is 0 Å². The van der Waals surface area contributed by atoms with Crippen molar-refractivity contribution in [2.45, 2.75) is 43.5 Å². The lowest BCUT2D eigenvalue weighted by molar-refractivity contribution is -0.115. The second-order valence-electron chi connectivity index (χ2n) is 7.13. The molecule has 0 saturated carbocycles. The summed E-state index contributed by atoms with van der Waals surface area (Å²) in [6, 6.07) is 2.72. The fourth-order valence-corrected chi connectivity index (χ4v) is 3.56. The van der Waals surface area contributed by atoms with Crippen molar-refractivity contribution in [3.8, 4) is 0 Å². The first-order valence-corrected chi connectivity index (χ1v) is 8.75. The summed E-state index contributed by atoms with van der Waals surface area (Å²) in [6.45, 7) is 1.30. The molecule has 3 aromatic heterocycles. The summed E-state index contributed by atoms with van der Waals surface area (Å²) in [4.78, 5) is 11.7. The standard InChI is InChI=1S/C18H19F2N5O4/c1-18(28)12(27)17(25-3-2-10-15(21)23-7-24-16(10)25)29-13(18)11(26)8-4-9(14(19)20)6-22-5-8/h2-7,11-14,17,26-28H,1H3,(H2,21,23,24)/t11-,12+,13-,17-,18+/m1/s1. The minimum Gasteiger partial charge on any atom is -0.386 e. The molecule has 4 heterocycles. The highest BCUT2D eigenvalue weighted by Gasteiger charge is 2.56. The van der Waals surface area contributed by atoms with Crippen LogP contribution < -0.4 is 5.73 Å². The van der Waals surface area contributed by atoms with Gasteiger partial charge in [0.15, 0.2) is 6.23 Å². The van der Waals surface area contributed by atoms with E-state index < -0.39 is 36.6 Å². The van der Waals surface area contributed by atoms with E-state index >= 15 is 0 Å². The molecule has 0 bridgehead atoms. The number of nitrogen functional groups attached to an aromatic ring is 1. The van der Waals surface area contributed by atoms with Gasteiger partial charge in [-0.05, 0) is 19.1 Å². The Morgan fingerprint density at radius 1 is 1.28 bits per heavy atom. The van der Waals surface area contributed by atoms with Crippen molar-refractivity contribution in [2.75, 3.05) is 5.73 Å². The average Bonchev–Trinajstić information content (AvgIpc) is 3.22. The predicted octanol–water partition coefficient (Wildman–Crippen LogP) is 1.09. The van der Waals surface area contributed by atoms with E-state index in [1.165, 1.54) is 24.0 Å². The fraction of sp³-hybridized carbons (Fsp3) is 0.389. The maximum atomic E-state index is 13.0. The quantitative estimate of drug-likeness (QED) is 0.504. The smallest absolute Gasteiger partial charge is 0.265 e. The monoisotopic (exact) mass is 407 g/mol. The Labute approximate surface area is 163 Å². The third-order valence-corrected chi connectivity index (χ3v) is 5.21. The summed E-state index contributed by atoms with van der Waals surface area (Å²) in [5.41, 5.74) is 3.94. The van der Waals surface area contributed by atoms with Gasteiger partial charge in [-0.3, -0.25) is 4.98 Å². The number of aromatic nitrogens is 4. The van der Waals surface area contributed by atoms with Gasteiger partial charge < -0.3 is 30.4 Å². The van der Waals surface area contributed by atoms with Crippen molar-refractivity contribution in [1.82, 2.24) is 19.5 Å². The van der Waals surface area contributed by atoms with E-state index in [4.69, 9.17) is 10.5 Å². The average molecular weight is 407 g/mol. The maximum Gasteiger partial charge on any atom is 0.265 e. The zero-order valence-corrected chi connectivity index (χ0v) is 15.2. The molecule has 1 aliphatic rings. The second kappa shape index (κ2) is 6.95. The number of pyridine rings is 1. The van der Waals surface area contributed by atoms with Gasteiger partial charge in [0.25, 0.3) is 6.43 Å². The van der Waals surface area contributed by atoms with Crippen molar-refractivity contribution < 1.29 is 28.8 Å². The Morgan fingerprint density at radius 3 is 2.72 bits per heavy atom. The first-order chi connectivity index (χ1) is 13.7. The molecule has 0 spiro atoms. The van der Waals surface area contributed by atoms with Gasteiger partial charge in [0.1, 0.15) is 41.7 Å². The molecule has 5 atom stereocenters. The maximum absolute atomic E-state index is 13.0. The van der Waals surface area contributed by atoms with Gasteiger partial charge in [0.2, 0.25) is 0 Å². The molecule has 29 heavy (non-hydrogen) atoms. The van der Waals surface area contributed by atoms with Crippen molar-refractivity contribution in [1.29, 1.82) is 0 Å². The number of halogens is 2. The Balaban J connectivity index is 1.69. The highest BCUT2D eigenvalue weighted by atomic mass is 19.3. The van der Waals surface area contributed by atoms with Crippen molar-refractivity contribution in [2.24, 2.45) is 0 Å². The van der Waals surface area contributed by atoms with Crippen molar-refractivity contribution in [3.63, 3.8) is 0 Å². The van der Waals surface area contributed by atoms with E-state index in [1.54, 1.807) is 12.3 Å². The minimum absolute atomic E-state index is 0.0323. The van der Waals surface area contributed by atoms with Gasteiger partial charge in [-0.1, -0.05) is 0 Å². The van der Waals surface area contributed by atoms with E-state index in [9.17, 15) is 24.1 Å². The van der Waals surface area contributed by atoms with Gasteiger partial charge in [-0.25, -0.2) is 18.7 Å². The topological polar surface area (TPSA) is 140 Å². The first-order valence-electron chi connectivity index (χ1n) is 8.75. The van der Waals surface area contributed by atoms with Gasteiger partial charge in [0.05, 0.1) is 5.39 Å². The molecule has 1 fully saturated rings. The highest BCUT2D eigenvalue weighted by molar-refractivity contribution is 5.86. The lowest BCUT2D eigenvalue weighted by Crippen LogP contribution is -2.47. The van der Waals surface area contributed by atoms with Gasteiger partial charge in [0, 0.05) is 29.7 Å². The molecule has 0 unspecified atom stereocenters. The van der Waals surface area contributed by atoms with Gasteiger partial charge >= 0.3 is 0 Å². The molecule has 154 valence electrons. The van der Waals surface area contributed by atoms with Gasteiger partial charge in [-0.15, -0.1) is 0 Å². The lowest BCUT2D eigenvalue weighted by atomic mass is 9.88. The molecule has 1 aliphatic heterocycles. The number of hydrogen-bond acceptors (Lipinski definition) is 8. The number of aliphatic hydroxyl groups excluding tert-OH is 2. The van der Waals surface area contributed by atoms with Gasteiger partial charge in [-0.2, -0.15) is 0 Å². The molecule has 3 aromatic rings. The summed E-state index contributed by atoms with van der Waals surface area (Å²) in [5, 5.41) is 32.8. The molecular weight excluding hydrogens is 388 g/mol. The van der Waals surface area contributed by atoms with Crippen molar-refractivity contribution in [3.05, 3.63) is 48.2 Å². The highest BCUT2D eigenvalue weighted by Crippen LogP contribution is 2.43. The van der Waals surface area contributed by atoms with Crippen LogP contribution in [0.4, 0.5) is 14.6 Å². The van der Waals surface area contributed by atoms with E-state index in [-0.39, 0.29) is 16.9 Å². The van der Waals surface area contributed by atoms with E-state index in [0.717, 1.165) is 12.3 Å². The number of anilines is 1. The number of aliphatic hydroxyl groups is 3. The molecule has 1 saturated heterocycles. The molecule has 11 heteroatoms. The molecule has 5 N–H and O–H groups in total. The largest absolute Gasteiger partial charge is 0.386 e. The summed E-state index contributed by atoms with van der Waals surface area (Å²) in [6.07, 6.45) is -3.17. The Bertz CT molecular complexity index is 1040. The molecule has 0 amide bonds. The van der Waals surface area contributed by atoms with E-state index in [2.05, 4.69) is 15.0 Å². The second-order valence-corrected chi connectivity index (χ2v) is 7.13. The zero-order valence-electron chi connectivity index (χ0n) is 15.2. The Morgan fingerprint density at radius 2 is 2.00 bits per heavy atom. The van der Waals surface area contributed by atoms with Crippen LogP contribution >= 0.6 is 0 Å². The minimum atomic E-state index is -2.77. The van der Waals surface area contributed by atoms with Crippen LogP contribution in [0.5, 0.6) is 0 Å². The number of nitrogens with zero attached hydrogens (tertiary/aromatic N) is 4. The summed E-state index contributed by atoms with van der Waals surface area (Å²) in [5.74, 6) is 0.236. The lowest BCUT2D eigenvalue weighted by Gasteiger charge is -2.29. The third kappa shape index (κ3) is 3.12. The normalized spacial score (nSPS) is 28.3. The fourth-order valence-electron chi connectivity index (χ4n) is 3.56. The van der Waals surface area contributed by atoms with Crippen molar-refractivity contribution >= 4 is 16.9 Å². The van der Waals surface area contributed by atoms with Crippen LogP contribution in [-0.2, 0) is 4.74 Å². The summed E-state index contributed by atoms with van der Waals surface area (Å²) >= 11 is 0. The molecule has 9 nitrogen and oxygen atoms in total. The number of nitrogens with two attached hydrogens (primary N) is 1.